The molecule has 4 aromatic rings. The number of nitrogens with zero attached hydrogens (tertiary/aromatic N) is 6. The molecule has 0 aliphatic heterocycles. The maximum Gasteiger partial charge on any atom is 0.269 e. The molecule has 3 heterocycles. The molecule has 0 aliphatic carbocycles. The summed E-state index contributed by atoms with van der Waals surface area (Å²) in [7, 11) is 0. The smallest absolute Gasteiger partial charge is 0.269 e. The molecule has 1 amide bonds. The lowest BCUT2D eigenvalue weighted by Crippen LogP contribution is -2.28. The van der Waals surface area contributed by atoms with Gasteiger partial charge in [0.05, 0.1) is 29.9 Å². The Balaban J connectivity index is 1.37. The van der Waals surface area contributed by atoms with Crippen molar-refractivity contribution in [2.75, 3.05) is 6.54 Å². The highest BCUT2D eigenvalue weighted by atomic mass is 16.6. The third-order valence-electron chi connectivity index (χ3n) is 5.53. The number of nitro groups is 1. The number of hydrogen-bond donors (Lipinski definition) is 1. The fourth-order valence-electron chi connectivity index (χ4n) is 3.73. The summed E-state index contributed by atoms with van der Waals surface area (Å²) in [6.07, 6.45) is 3.69. The zero-order valence-electron chi connectivity index (χ0n) is 18.7. The first-order valence-corrected chi connectivity index (χ1v) is 10.7. The van der Waals surface area contributed by atoms with Gasteiger partial charge in [-0.25, -0.2) is 9.67 Å². The first-order valence-electron chi connectivity index (χ1n) is 10.7. The molecule has 0 fully saturated rings. The van der Waals surface area contributed by atoms with E-state index in [0.717, 1.165) is 17.0 Å². The molecule has 34 heavy (non-hydrogen) atoms. The van der Waals surface area contributed by atoms with Crippen LogP contribution in [0.3, 0.4) is 0 Å². The van der Waals surface area contributed by atoms with Gasteiger partial charge in [-0.1, -0.05) is 17.3 Å². The second-order valence-electron chi connectivity index (χ2n) is 7.86. The van der Waals surface area contributed by atoms with Crippen LogP contribution in [0.2, 0.25) is 0 Å². The lowest BCUT2D eigenvalue weighted by Gasteiger charge is -2.08. The van der Waals surface area contributed by atoms with Gasteiger partial charge in [0.2, 0.25) is 5.91 Å². The quantitative estimate of drug-likeness (QED) is 0.291. The molecule has 0 atom stereocenters. The number of carbonyl (C=O) groups is 1. The summed E-state index contributed by atoms with van der Waals surface area (Å²) < 4.78 is 8.05. The molecule has 1 aromatic carbocycles. The highest BCUT2D eigenvalue weighted by molar-refractivity contribution is 5.76. The standard InChI is InChI=1S/C22H23N7O5/c1-14-18(15(2)34-26-14)6-7-20(30)23-8-9-28-21-19(11-25-28)22(31)27(13-24-21)12-16-4-3-5-17(10-16)29(32)33/h3-5,10-11,13H,6-9,12H2,1-2H3,(H,23,30). The zero-order valence-corrected chi connectivity index (χ0v) is 18.7. The Labute approximate surface area is 193 Å². The molecular formula is C22H23N7O5. The van der Waals surface area contributed by atoms with Gasteiger partial charge in [-0.2, -0.15) is 5.10 Å². The first kappa shape index (κ1) is 22.8. The van der Waals surface area contributed by atoms with Crippen LogP contribution in [-0.2, 0) is 24.3 Å². The third-order valence-corrected chi connectivity index (χ3v) is 5.53. The number of non-ortho nitro benzene ring substituents is 1. The second kappa shape index (κ2) is 9.65. The summed E-state index contributed by atoms with van der Waals surface area (Å²) in [6.45, 7) is 4.49. The minimum Gasteiger partial charge on any atom is -0.361 e. The van der Waals surface area contributed by atoms with Crippen molar-refractivity contribution in [1.82, 2.24) is 29.8 Å². The summed E-state index contributed by atoms with van der Waals surface area (Å²) >= 11 is 0. The van der Waals surface area contributed by atoms with Gasteiger partial charge < -0.3 is 9.84 Å². The average molecular weight is 465 g/mol. The van der Waals surface area contributed by atoms with Gasteiger partial charge in [-0.05, 0) is 25.8 Å². The van der Waals surface area contributed by atoms with Crippen LogP contribution in [0.25, 0.3) is 11.0 Å². The molecule has 0 aliphatic rings. The van der Waals surface area contributed by atoms with Crippen molar-refractivity contribution in [3.8, 4) is 0 Å². The van der Waals surface area contributed by atoms with E-state index in [9.17, 15) is 19.7 Å². The van der Waals surface area contributed by atoms with Crippen LogP contribution in [0.15, 0.2) is 46.1 Å². The minimum atomic E-state index is -0.479. The predicted octanol–water partition coefficient (Wildman–Crippen LogP) is 1.90. The number of nitrogens with one attached hydrogen (secondary N) is 1. The van der Waals surface area contributed by atoms with Crippen molar-refractivity contribution in [1.29, 1.82) is 0 Å². The van der Waals surface area contributed by atoms with Gasteiger partial charge >= 0.3 is 0 Å². The Morgan fingerprint density at radius 2 is 2.12 bits per heavy atom. The van der Waals surface area contributed by atoms with E-state index in [1.54, 1.807) is 16.8 Å². The summed E-state index contributed by atoms with van der Waals surface area (Å²) in [5.74, 6) is 0.610. The number of aryl methyl sites for hydroxylation is 2. The van der Waals surface area contributed by atoms with Crippen LogP contribution in [0.1, 0.15) is 29.0 Å². The average Bonchev–Trinajstić information content (AvgIpc) is 3.37. The maximum absolute atomic E-state index is 12.9. The van der Waals surface area contributed by atoms with E-state index >= 15 is 0 Å². The number of aromatic nitrogens is 5. The zero-order chi connectivity index (χ0) is 24.2. The summed E-state index contributed by atoms with van der Waals surface area (Å²) in [4.78, 5) is 39.9. The highest BCUT2D eigenvalue weighted by Gasteiger charge is 2.13. The van der Waals surface area contributed by atoms with Gasteiger partial charge in [0.15, 0.2) is 5.65 Å². The van der Waals surface area contributed by atoms with Crippen LogP contribution in [0, 0.1) is 24.0 Å². The van der Waals surface area contributed by atoms with Gasteiger partial charge in [0.25, 0.3) is 11.2 Å². The van der Waals surface area contributed by atoms with E-state index in [1.165, 1.54) is 29.2 Å². The molecule has 0 unspecified atom stereocenters. The summed E-state index contributed by atoms with van der Waals surface area (Å²) in [5.41, 5.74) is 2.41. The van der Waals surface area contributed by atoms with Crippen molar-refractivity contribution in [3.05, 3.63) is 79.8 Å². The molecule has 12 nitrogen and oxygen atoms in total. The Bertz CT molecular complexity index is 1400. The van der Waals surface area contributed by atoms with Gasteiger partial charge in [0.1, 0.15) is 17.5 Å². The van der Waals surface area contributed by atoms with E-state index < -0.39 is 4.92 Å². The Morgan fingerprint density at radius 3 is 2.85 bits per heavy atom. The highest BCUT2D eigenvalue weighted by Crippen LogP contribution is 2.15. The van der Waals surface area contributed by atoms with E-state index in [-0.39, 0.29) is 23.7 Å². The van der Waals surface area contributed by atoms with Crippen molar-refractivity contribution < 1.29 is 14.2 Å². The Hall–Kier alpha value is -4.35. The van der Waals surface area contributed by atoms with Crippen molar-refractivity contribution >= 4 is 22.6 Å². The number of benzene rings is 1. The topological polar surface area (TPSA) is 151 Å². The molecule has 3 aromatic heterocycles. The first-order chi connectivity index (χ1) is 16.3. The maximum atomic E-state index is 12.9. The van der Waals surface area contributed by atoms with Crippen molar-refractivity contribution in [3.63, 3.8) is 0 Å². The van der Waals surface area contributed by atoms with Crippen LogP contribution >= 0.6 is 0 Å². The van der Waals surface area contributed by atoms with Gasteiger partial charge in [-0.15, -0.1) is 0 Å². The molecule has 176 valence electrons. The normalized spacial score (nSPS) is 11.1. The fraction of sp³-hybridized carbons (Fsp3) is 0.318. The van der Waals surface area contributed by atoms with E-state index in [2.05, 4.69) is 20.6 Å². The van der Waals surface area contributed by atoms with Crippen molar-refractivity contribution in [2.45, 2.75) is 39.8 Å². The Morgan fingerprint density at radius 1 is 1.29 bits per heavy atom. The molecular weight excluding hydrogens is 442 g/mol. The predicted molar refractivity (Wildman–Crippen MR) is 121 cm³/mol. The third kappa shape index (κ3) is 4.85. The molecule has 12 heteroatoms. The van der Waals surface area contributed by atoms with E-state index in [0.29, 0.717) is 42.5 Å². The number of amides is 1. The minimum absolute atomic E-state index is 0.0406. The molecule has 1 N–H and O–H groups in total. The summed E-state index contributed by atoms with van der Waals surface area (Å²) in [6, 6.07) is 6.11. The number of nitro benzene ring substituents is 1. The van der Waals surface area contributed by atoms with Crippen LogP contribution < -0.4 is 10.9 Å². The number of hydrogen-bond acceptors (Lipinski definition) is 8. The summed E-state index contributed by atoms with van der Waals surface area (Å²) in [5, 5.41) is 22.3. The van der Waals surface area contributed by atoms with Crippen LogP contribution in [0.4, 0.5) is 5.69 Å². The van der Waals surface area contributed by atoms with Gasteiger partial charge in [-0.3, -0.25) is 24.3 Å². The van der Waals surface area contributed by atoms with Crippen molar-refractivity contribution in [2.24, 2.45) is 0 Å². The largest absolute Gasteiger partial charge is 0.361 e. The lowest BCUT2D eigenvalue weighted by atomic mass is 10.1. The van der Waals surface area contributed by atoms with E-state index in [4.69, 9.17) is 4.52 Å². The number of fused-ring (bicyclic) bond motifs is 1. The molecule has 0 saturated heterocycles. The molecule has 0 bridgehead atoms. The van der Waals surface area contributed by atoms with E-state index in [1.807, 2.05) is 13.8 Å². The molecule has 4 rings (SSSR count). The molecule has 0 spiro atoms. The van der Waals surface area contributed by atoms with Crippen LogP contribution in [-0.4, -0.2) is 41.9 Å². The molecule has 0 saturated carbocycles. The number of carbonyl (C=O) groups excluding carboxylic acids is 1. The lowest BCUT2D eigenvalue weighted by molar-refractivity contribution is -0.384. The van der Waals surface area contributed by atoms with Gasteiger partial charge in [0, 0.05) is 30.7 Å². The number of rotatable bonds is 9. The Kier molecular flexibility index (Phi) is 6.48. The fourth-order valence-corrected chi connectivity index (χ4v) is 3.73. The SMILES string of the molecule is Cc1noc(C)c1CCC(=O)NCCn1ncc2c(=O)n(Cc3cccc([N+](=O)[O-])c3)cnc21. The second-order valence-corrected chi connectivity index (χ2v) is 7.86. The monoisotopic (exact) mass is 465 g/mol. The van der Waals surface area contributed by atoms with Crippen LogP contribution in [0.5, 0.6) is 0 Å². The molecule has 0 radical (unpaired) electrons.